The molecule has 2 amide bonds. The van der Waals surface area contributed by atoms with Crippen LogP contribution in [0.3, 0.4) is 0 Å². The van der Waals surface area contributed by atoms with Crippen molar-refractivity contribution in [2.24, 2.45) is 10.7 Å². The van der Waals surface area contributed by atoms with Crippen molar-refractivity contribution in [3.8, 4) is 11.4 Å². The van der Waals surface area contributed by atoms with Crippen LogP contribution in [0.15, 0.2) is 60.0 Å². The molecule has 0 fully saturated rings. The van der Waals surface area contributed by atoms with Gasteiger partial charge in [-0.2, -0.15) is 0 Å². The molecule has 1 atom stereocenters. The number of nitrogens with two attached hydrogens (primary N) is 1. The molecule has 1 aliphatic rings. The number of amides is 2. The van der Waals surface area contributed by atoms with Gasteiger partial charge in [0, 0.05) is 18.9 Å². The van der Waals surface area contributed by atoms with Gasteiger partial charge in [-0.05, 0) is 36.8 Å². The number of aromatic nitrogens is 3. The van der Waals surface area contributed by atoms with Crippen molar-refractivity contribution in [3.05, 3.63) is 66.2 Å². The quantitative estimate of drug-likeness (QED) is 0.614. The Morgan fingerprint density at radius 1 is 1.23 bits per heavy atom. The molecule has 9 heteroatoms. The average molecular weight is 403 g/mol. The number of nitrogens with one attached hydrogen (secondary N) is 2. The second-order valence-corrected chi connectivity index (χ2v) is 7.28. The fourth-order valence-corrected chi connectivity index (χ4v) is 3.28. The normalized spacial score (nSPS) is 18.8. The maximum Gasteiger partial charge on any atom is 0.275 e. The Hall–Kier alpha value is -4.01. The topological polar surface area (TPSA) is 129 Å². The van der Waals surface area contributed by atoms with E-state index in [1.165, 1.54) is 11.1 Å². The highest BCUT2D eigenvalue weighted by molar-refractivity contribution is 6.03. The van der Waals surface area contributed by atoms with E-state index in [1.54, 1.807) is 37.6 Å². The number of H-pyrrole nitrogens is 1. The largest absolute Gasteiger partial charge is 0.369 e. The van der Waals surface area contributed by atoms with Crippen LogP contribution in [0.1, 0.15) is 29.4 Å². The zero-order chi connectivity index (χ0) is 21.3. The van der Waals surface area contributed by atoms with Crippen LogP contribution in [0.4, 0.5) is 5.69 Å². The Bertz CT molecular complexity index is 1120. The molecule has 1 unspecified atom stereocenters. The number of carbonyl (C=O) groups is 2. The lowest BCUT2D eigenvalue weighted by molar-refractivity contribution is -0.128. The van der Waals surface area contributed by atoms with E-state index in [1.807, 2.05) is 25.1 Å². The zero-order valence-corrected chi connectivity index (χ0v) is 16.6. The number of carbonyl (C=O) groups excluding carboxylic acids is 2. The van der Waals surface area contributed by atoms with Crippen molar-refractivity contribution >= 4 is 23.5 Å². The number of hydrogen-bond acceptors (Lipinski definition) is 6. The summed E-state index contributed by atoms with van der Waals surface area (Å²) in [5.74, 6) is -0.331. The van der Waals surface area contributed by atoms with Gasteiger partial charge in [0.1, 0.15) is 11.4 Å². The summed E-state index contributed by atoms with van der Waals surface area (Å²) in [4.78, 5) is 42.2. The van der Waals surface area contributed by atoms with Crippen molar-refractivity contribution in [2.75, 3.05) is 12.4 Å². The van der Waals surface area contributed by atoms with Crippen molar-refractivity contribution < 1.29 is 9.59 Å². The van der Waals surface area contributed by atoms with E-state index < -0.39 is 5.54 Å². The third-order valence-electron chi connectivity index (χ3n) is 5.08. The van der Waals surface area contributed by atoms with E-state index in [9.17, 15) is 9.59 Å². The third-order valence-corrected chi connectivity index (χ3v) is 5.08. The number of rotatable bonds is 4. The van der Waals surface area contributed by atoms with E-state index >= 15 is 0 Å². The smallest absolute Gasteiger partial charge is 0.275 e. The molecule has 0 aliphatic carbocycles. The van der Waals surface area contributed by atoms with Gasteiger partial charge >= 0.3 is 0 Å². The number of hydrogen-bond donors (Lipinski definition) is 3. The van der Waals surface area contributed by atoms with Crippen molar-refractivity contribution in [1.82, 2.24) is 19.9 Å². The lowest BCUT2D eigenvalue weighted by Gasteiger charge is -2.33. The van der Waals surface area contributed by atoms with Crippen molar-refractivity contribution in [1.29, 1.82) is 0 Å². The molecule has 2 aromatic heterocycles. The van der Waals surface area contributed by atoms with Crippen LogP contribution < -0.4 is 11.1 Å². The summed E-state index contributed by atoms with van der Waals surface area (Å²) in [6, 6.07) is 10.9. The van der Waals surface area contributed by atoms with Crippen molar-refractivity contribution in [2.45, 2.75) is 18.9 Å². The molecule has 0 radical (unpaired) electrons. The standard InChI is InChI=1S/C21H21N7O2/c1-21(10-18(29)28(2)20(22)27-21)13-5-3-6-14(9-13)26-19(30)17-12-24-16(11-25-17)15-7-4-8-23-15/h3-9,11-12,23H,10H2,1-2H3,(H2,22,27)(H,26,30). The van der Waals surface area contributed by atoms with E-state index in [0.717, 1.165) is 11.3 Å². The van der Waals surface area contributed by atoms with Crippen LogP contribution in [-0.2, 0) is 10.3 Å². The minimum atomic E-state index is -0.800. The van der Waals surface area contributed by atoms with E-state index in [-0.39, 0.29) is 29.9 Å². The average Bonchev–Trinajstić information content (AvgIpc) is 3.27. The first-order valence-electron chi connectivity index (χ1n) is 9.35. The van der Waals surface area contributed by atoms with Gasteiger partial charge in [0.2, 0.25) is 5.91 Å². The predicted octanol–water partition coefficient (Wildman–Crippen LogP) is 2.12. The first-order chi connectivity index (χ1) is 14.4. The fourth-order valence-electron chi connectivity index (χ4n) is 3.28. The molecule has 3 heterocycles. The number of guanidine groups is 1. The number of anilines is 1. The molecule has 0 bridgehead atoms. The summed E-state index contributed by atoms with van der Waals surface area (Å²) < 4.78 is 0. The lowest BCUT2D eigenvalue weighted by Crippen LogP contribution is -2.47. The molecular weight excluding hydrogens is 382 g/mol. The summed E-state index contributed by atoms with van der Waals surface area (Å²) in [6.45, 7) is 1.84. The molecule has 0 spiro atoms. The second kappa shape index (κ2) is 7.43. The van der Waals surface area contributed by atoms with Crippen LogP contribution >= 0.6 is 0 Å². The van der Waals surface area contributed by atoms with Crippen LogP contribution in [-0.4, -0.2) is 44.7 Å². The van der Waals surface area contributed by atoms with Gasteiger partial charge < -0.3 is 16.0 Å². The fraction of sp³-hybridized carbons (Fsp3) is 0.190. The molecular formula is C21H21N7O2. The number of aromatic amines is 1. The van der Waals surface area contributed by atoms with Gasteiger partial charge in [0.15, 0.2) is 5.96 Å². The molecule has 1 aliphatic heterocycles. The summed E-state index contributed by atoms with van der Waals surface area (Å²) in [5.41, 5.74) is 8.09. The third kappa shape index (κ3) is 3.64. The number of aliphatic imine (C=N–C) groups is 1. The van der Waals surface area contributed by atoms with Gasteiger partial charge in [-0.15, -0.1) is 0 Å². The summed E-state index contributed by atoms with van der Waals surface area (Å²) in [5, 5.41) is 2.82. The second-order valence-electron chi connectivity index (χ2n) is 7.28. The van der Waals surface area contributed by atoms with Gasteiger partial charge in [-0.25, -0.2) is 9.98 Å². The molecule has 9 nitrogen and oxygen atoms in total. The highest BCUT2D eigenvalue weighted by atomic mass is 16.2. The molecule has 152 valence electrons. The van der Waals surface area contributed by atoms with Gasteiger partial charge in [-0.1, -0.05) is 12.1 Å². The summed E-state index contributed by atoms with van der Waals surface area (Å²) in [7, 11) is 1.60. The molecule has 4 N–H and O–H groups in total. The zero-order valence-electron chi connectivity index (χ0n) is 16.6. The maximum absolute atomic E-state index is 12.6. The summed E-state index contributed by atoms with van der Waals surface area (Å²) in [6.07, 6.45) is 4.95. The number of benzene rings is 1. The highest BCUT2D eigenvalue weighted by Crippen LogP contribution is 2.34. The molecule has 30 heavy (non-hydrogen) atoms. The first-order valence-corrected chi connectivity index (χ1v) is 9.35. The van der Waals surface area contributed by atoms with Crippen LogP contribution in [0, 0.1) is 0 Å². The number of nitrogens with zero attached hydrogens (tertiary/aromatic N) is 4. The van der Waals surface area contributed by atoms with Crippen LogP contribution in [0.5, 0.6) is 0 Å². The molecule has 3 aromatic rings. The molecule has 4 rings (SSSR count). The Morgan fingerprint density at radius 3 is 2.73 bits per heavy atom. The minimum absolute atomic E-state index is 0.114. The Balaban J connectivity index is 1.53. The van der Waals surface area contributed by atoms with Crippen molar-refractivity contribution in [3.63, 3.8) is 0 Å². The minimum Gasteiger partial charge on any atom is -0.369 e. The predicted molar refractivity (Wildman–Crippen MR) is 113 cm³/mol. The SMILES string of the molecule is CN1C(=O)CC(C)(c2cccc(NC(=O)c3cnc(-c4ccc[nH]4)cn3)c2)N=C1N. The van der Waals surface area contributed by atoms with Gasteiger partial charge in [-0.3, -0.25) is 19.5 Å². The molecule has 0 saturated heterocycles. The van der Waals surface area contributed by atoms with E-state index in [0.29, 0.717) is 11.4 Å². The van der Waals surface area contributed by atoms with Crippen LogP contribution in [0.2, 0.25) is 0 Å². The van der Waals surface area contributed by atoms with E-state index in [2.05, 4.69) is 25.3 Å². The Labute approximate surface area is 173 Å². The maximum atomic E-state index is 12.6. The Kier molecular flexibility index (Phi) is 4.78. The van der Waals surface area contributed by atoms with Crippen LogP contribution in [0.25, 0.3) is 11.4 Å². The van der Waals surface area contributed by atoms with E-state index in [4.69, 9.17) is 5.73 Å². The Morgan fingerprint density at radius 2 is 2.07 bits per heavy atom. The molecule has 0 saturated carbocycles. The highest BCUT2D eigenvalue weighted by Gasteiger charge is 2.36. The van der Waals surface area contributed by atoms with Gasteiger partial charge in [0.25, 0.3) is 5.91 Å². The molecule has 1 aromatic carbocycles. The first kappa shape index (κ1) is 19.3. The lowest BCUT2D eigenvalue weighted by atomic mass is 9.87. The summed E-state index contributed by atoms with van der Waals surface area (Å²) >= 11 is 0. The van der Waals surface area contributed by atoms with Gasteiger partial charge in [0.05, 0.1) is 30.0 Å². The monoisotopic (exact) mass is 403 g/mol.